The zero-order valence-corrected chi connectivity index (χ0v) is 51.4. The minimum Gasteiger partial charge on any atom is -1.00 e. The monoisotopic (exact) mass is 1210 g/mol. The van der Waals surface area contributed by atoms with Crippen molar-refractivity contribution in [3.8, 4) is 0 Å². The third kappa shape index (κ3) is 26.0. The second-order valence-corrected chi connectivity index (χ2v) is 39.6. The molecule has 4 aliphatic carbocycles. The van der Waals surface area contributed by atoms with E-state index in [1.165, 1.54) is 90.6 Å². The van der Waals surface area contributed by atoms with Gasteiger partial charge in [0.15, 0.2) is 0 Å². The van der Waals surface area contributed by atoms with E-state index in [0.717, 1.165) is 25.7 Å². The first-order valence-electron chi connectivity index (χ1n) is 21.0. The van der Waals surface area contributed by atoms with Crippen LogP contribution in [0.4, 0.5) is 0 Å². The number of hydrogen-bond donors (Lipinski definition) is 0. The minimum atomic E-state index is -0.0733. The first-order chi connectivity index (χ1) is 26.6. The van der Waals surface area contributed by atoms with Crippen molar-refractivity contribution in [2.75, 3.05) is 0 Å². The number of benzene rings is 2. The molecule has 0 saturated heterocycles. The van der Waals surface area contributed by atoms with Crippen LogP contribution in [0.2, 0.25) is 13.1 Å². The van der Waals surface area contributed by atoms with Gasteiger partial charge in [-0.3, -0.25) is 24.3 Å². The van der Waals surface area contributed by atoms with Crippen LogP contribution in [0.5, 0.6) is 0 Å². The van der Waals surface area contributed by atoms with E-state index in [-0.39, 0.29) is 35.8 Å². The second-order valence-electron chi connectivity index (χ2n) is 19.8. The van der Waals surface area contributed by atoms with Crippen LogP contribution in [-0.2, 0) is 46.0 Å². The van der Waals surface area contributed by atoms with E-state index in [9.17, 15) is 0 Å². The molecule has 0 aliphatic heterocycles. The molecule has 0 fully saturated rings. The van der Waals surface area contributed by atoms with Crippen LogP contribution in [0, 0.1) is 46.0 Å². The molecule has 6 rings (SSSR count). The molecular weight excluding hydrogens is 1130 g/mol. The van der Waals surface area contributed by atoms with Gasteiger partial charge in [-0.15, -0.1) is 25.7 Å². The fourth-order valence-corrected chi connectivity index (χ4v) is 10.7. The van der Waals surface area contributed by atoms with Gasteiger partial charge in [0, 0.05) is 0 Å². The van der Waals surface area contributed by atoms with Gasteiger partial charge in [0.25, 0.3) is 0 Å². The van der Waals surface area contributed by atoms with E-state index in [1.54, 1.807) is 10.4 Å². The maximum Gasteiger partial charge on any atom is -1.00 e. The van der Waals surface area contributed by atoms with Crippen LogP contribution < -0.4 is 35.2 Å². The number of halogens is 2. The zero-order chi connectivity index (χ0) is 44.5. The fourth-order valence-electron chi connectivity index (χ4n) is 5.70. The molecule has 0 heterocycles. The summed E-state index contributed by atoms with van der Waals surface area (Å²) in [6, 6.07) is 21.6. The Labute approximate surface area is 413 Å². The van der Waals surface area contributed by atoms with Crippen molar-refractivity contribution >= 4 is 21.4 Å². The number of rotatable bonds is 2. The standard InChI is InChI=1S/4C10H15.2C7H8Si.2ClH.2Hf/c4*1-8-5-6-9(7-8)10(2,3)4;2*1-8-7-5-3-2-4-6-7;;;;/h4*7H,6H2,1-4H3;2*2-6H,1H3;2*1H;;/q4*-1;;;;;2*+2/p-2. The summed E-state index contributed by atoms with van der Waals surface area (Å²) in [5.41, 5.74) is 12.4. The summed E-state index contributed by atoms with van der Waals surface area (Å²) in [6.45, 7) is 40.2. The summed E-state index contributed by atoms with van der Waals surface area (Å²) in [5.74, 6) is 0. The maximum atomic E-state index is 3.30. The van der Waals surface area contributed by atoms with Crippen molar-refractivity contribution in [1.29, 1.82) is 0 Å². The molecule has 0 unspecified atom stereocenters. The topological polar surface area (TPSA) is 0 Å². The maximum absolute atomic E-state index is 3.30. The molecule has 0 spiro atoms. The van der Waals surface area contributed by atoms with E-state index >= 15 is 0 Å². The van der Waals surface area contributed by atoms with Crippen molar-refractivity contribution in [3.05, 3.63) is 154 Å². The van der Waals surface area contributed by atoms with Crippen LogP contribution >= 0.6 is 0 Å². The van der Waals surface area contributed by atoms with E-state index in [0.29, 0.717) is 21.7 Å². The van der Waals surface area contributed by atoms with Crippen LogP contribution in [0.15, 0.2) is 130 Å². The summed E-state index contributed by atoms with van der Waals surface area (Å²) in [5, 5.41) is 3.16. The predicted molar refractivity (Wildman–Crippen MR) is 254 cm³/mol. The Kier molecular flexibility index (Phi) is 29.4. The van der Waals surface area contributed by atoms with Crippen molar-refractivity contribution in [3.63, 3.8) is 0 Å². The van der Waals surface area contributed by atoms with Crippen LogP contribution in [0.25, 0.3) is 0 Å². The van der Waals surface area contributed by atoms with Crippen LogP contribution in [-0.4, -0.2) is 11.0 Å². The van der Waals surface area contributed by atoms with E-state index in [2.05, 4.69) is 233 Å². The largest absolute Gasteiger partial charge is 1.00 e. The molecule has 324 valence electrons. The van der Waals surface area contributed by atoms with Gasteiger partial charge in [0.1, 0.15) is 0 Å². The molecule has 4 aliphatic rings. The molecule has 60 heavy (non-hydrogen) atoms. The summed E-state index contributed by atoms with van der Waals surface area (Å²) >= 11 is 2.72. The SMILES string of the molecule is CC1=[C-]CC(C(C)(C)C)=C1.CC1=[C-]CC(C(C)(C)C)=C1.CC1=[C-]CC(C(C)(C)C)=C1.CC1=[C-]CC(C(C)(C)C)=C1.C[Si](=[Hf+2])c1ccccc1.C[Si](=[Hf+2])c1ccccc1.[Cl-].[Cl-]. The average molecular weight is 1210 g/mol. The van der Waals surface area contributed by atoms with E-state index in [1.807, 2.05) is 0 Å². The molecule has 0 aromatic heterocycles. The van der Waals surface area contributed by atoms with Crippen molar-refractivity contribution in [2.24, 2.45) is 21.7 Å². The Balaban J connectivity index is 0. The summed E-state index contributed by atoms with van der Waals surface area (Å²) in [6.07, 6.45) is 26.3. The fraction of sp³-hybridized carbons (Fsp3) is 0.481. The molecule has 0 amide bonds. The molecule has 2 aromatic rings. The number of allylic oxidation sites excluding steroid dienone is 16. The Bertz CT molecular complexity index is 1670. The summed E-state index contributed by atoms with van der Waals surface area (Å²) < 4.78 is 0. The molecule has 2 aromatic carbocycles. The predicted octanol–water partition coefficient (Wildman–Crippen LogP) is 8.58. The Hall–Kier alpha value is -0.886. The Morgan fingerprint density at radius 2 is 0.567 bits per heavy atom. The Morgan fingerprint density at radius 1 is 0.383 bits per heavy atom. The third-order valence-corrected chi connectivity index (χ3v) is 18.7. The zero-order valence-electron chi connectivity index (χ0n) is 40.7. The quantitative estimate of drug-likeness (QED) is 0.209. The van der Waals surface area contributed by atoms with Gasteiger partial charge >= 0.3 is 141 Å². The van der Waals surface area contributed by atoms with Gasteiger partial charge in [-0.25, -0.2) is 46.6 Å². The van der Waals surface area contributed by atoms with E-state index in [4.69, 9.17) is 0 Å². The van der Waals surface area contributed by atoms with Crippen molar-refractivity contribution < 1.29 is 70.8 Å². The number of hydrogen-bond acceptors (Lipinski definition) is 0. The molecule has 0 radical (unpaired) electrons. The van der Waals surface area contributed by atoms with Gasteiger partial charge in [-0.2, -0.15) is 22.3 Å². The molecule has 6 heteroatoms. The average Bonchev–Trinajstić information content (AvgIpc) is 3.95. The van der Waals surface area contributed by atoms with Gasteiger partial charge in [0.2, 0.25) is 0 Å². The molecular formula is C54H76Cl2Hf2Si2-2. The van der Waals surface area contributed by atoms with Crippen molar-refractivity contribution in [2.45, 2.75) is 150 Å². The smallest absolute Gasteiger partial charge is 1.00 e. The summed E-state index contributed by atoms with van der Waals surface area (Å²) in [7, 11) is 0. The van der Waals surface area contributed by atoms with Crippen LogP contribution in [0.3, 0.4) is 0 Å². The van der Waals surface area contributed by atoms with Crippen LogP contribution in [0.1, 0.15) is 136 Å². The molecule has 0 atom stereocenters. The first kappa shape index (κ1) is 61.2. The molecule has 0 N–H and O–H groups in total. The van der Waals surface area contributed by atoms with Gasteiger partial charge < -0.3 is 24.8 Å². The molecule has 0 nitrogen and oxygen atoms in total. The van der Waals surface area contributed by atoms with Gasteiger partial charge in [-0.1, -0.05) is 111 Å². The molecule has 0 saturated carbocycles. The van der Waals surface area contributed by atoms with Gasteiger partial charge in [-0.05, 0) is 21.7 Å². The summed E-state index contributed by atoms with van der Waals surface area (Å²) in [4.78, 5) is 0. The molecule has 0 bridgehead atoms. The second kappa shape index (κ2) is 28.8. The first-order valence-corrected chi connectivity index (χ1v) is 35.7. The third-order valence-electron chi connectivity index (χ3n) is 10.1. The van der Waals surface area contributed by atoms with Crippen molar-refractivity contribution in [1.82, 2.24) is 0 Å². The van der Waals surface area contributed by atoms with Gasteiger partial charge in [0.05, 0.1) is 0 Å². The Morgan fingerprint density at radius 3 is 0.650 bits per heavy atom. The minimum absolute atomic E-state index is 0. The normalized spacial score (nSPS) is 15.3. The van der Waals surface area contributed by atoms with E-state index < -0.39 is 0 Å².